The smallest absolute Gasteiger partial charge is 0.240 e. The van der Waals surface area contributed by atoms with Gasteiger partial charge in [0.15, 0.2) is 5.43 Å². The summed E-state index contributed by atoms with van der Waals surface area (Å²) in [7, 11) is 0. The van der Waals surface area contributed by atoms with Gasteiger partial charge in [-0.15, -0.1) is 0 Å². The van der Waals surface area contributed by atoms with Crippen LogP contribution in [-0.2, 0) is 20.8 Å². The predicted molar refractivity (Wildman–Crippen MR) is 99.0 cm³/mol. The Labute approximate surface area is 150 Å². The Hall–Kier alpha value is -2.70. The zero-order valence-corrected chi connectivity index (χ0v) is 14.3. The monoisotopic (exact) mass is 352 g/mol. The van der Waals surface area contributed by atoms with E-state index in [0.717, 1.165) is 17.5 Å². The number of pyridine rings is 1. The van der Waals surface area contributed by atoms with E-state index in [1.54, 1.807) is 12.1 Å². The zero-order valence-electron chi connectivity index (χ0n) is 14.3. The fourth-order valence-electron chi connectivity index (χ4n) is 3.34. The molecular formula is C20H20N2O4. The second-order valence-corrected chi connectivity index (χ2v) is 6.36. The maximum Gasteiger partial charge on any atom is 0.240 e. The average Bonchev–Trinajstić information content (AvgIpc) is 2.70. The van der Waals surface area contributed by atoms with Gasteiger partial charge in [0.2, 0.25) is 5.91 Å². The molecule has 1 saturated heterocycles. The quantitative estimate of drug-likeness (QED) is 0.730. The van der Waals surface area contributed by atoms with Crippen LogP contribution in [0.25, 0.3) is 21.8 Å². The Morgan fingerprint density at radius 2 is 1.73 bits per heavy atom. The molecular weight excluding hydrogens is 332 g/mol. The number of hydrogen-bond donors (Lipinski definition) is 1. The third-order valence-electron chi connectivity index (χ3n) is 4.68. The van der Waals surface area contributed by atoms with Gasteiger partial charge in [-0.1, -0.05) is 24.3 Å². The Balaban J connectivity index is 1.65. The number of amides is 1. The number of ether oxygens (including phenoxy) is 2. The molecule has 134 valence electrons. The summed E-state index contributed by atoms with van der Waals surface area (Å²) in [5.74, 6) is -0.112. The van der Waals surface area contributed by atoms with E-state index in [1.165, 1.54) is 0 Å². The molecule has 6 heteroatoms. The van der Waals surface area contributed by atoms with Gasteiger partial charge in [-0.05, 0) is 30.7 Å². The lowest BCUT2D eigenvalue weighted by Gasteiger charge is -2.23. The molecule has 0 unspecified atom stereocenters. The van der Waals surface area contributed by atoms with Gasteiger partial charge in [-0.2, -0.15) is 0 Å². The number of carbonyl (C=O) groups is 1. The van der Waals surface area contributed by atoms with E-state index in [9.17, 15) is 9.59 Å². The van der Waals surface area contributed by atoms with Crippen molar-refractivity contribution in [3.05, 3.63) is 58.8 Å². The molecule has 1 aromatic heterocycles. The van der Waals surface area contributed by atoms with Crippen LogP contribution in [0.2, 0.25) is 0 Å². The zero-order chi connectivity index (χ0) is 17.9. The third-order valence-corrected chi connectivity index (χ3v) is 4.68. The molecule has 26 heavy (non-hydrogen) atoms. The van der Waals surface area contributed by atoms with E-state index < -0.39 is 0 Å². The molecule has 4 rings (SSSR count). The van der Waals surface area contributed by atoms with Crippen molar-refractivity contribution in [1.82, 2.24) is 9.88 Å². The van der Waals surface area contributed by atoms with Crippen molar-refractivity contribution in [3.63, 3.8) is 0 Å². The summed E-state index contributed by atoms with van der Waals surface area (Å²) in [5, 5.41) is 4.16. The fraction of sp³-hybridized carbons (Fsp3) is 0.300. The number of rotatable bonds is 4. The summed E-state index contributed by atoms with van der Waals surface area (Å²) in [6, 6.07) is 14.8. The second-order valence-electron chi connectivity index (χ2n) is 6.36. The van der Waals surface area contributed by atoms with Crippen molar-refractivity contribution in [3.8, 4) is 0 Å². The van der Waals surface area contributed by atoms with Crippen LogP contribution in [0, 0.1) is 0 Å². The van der Waals surface area contributed by atoms with E-state index >= 15 is 0 Å². The molecule has 1 atom stereocenters. The molecule has 3 aromatic rings. The number of nitrogens with zero attached hydrogens (tertiary/aromatic N) is 1. The minimum atomic E-state index is -0.112. The Morgan fingerprint density at radius 1 is 1.08 bits per heavy atom. The van der Waals surface area contributed by atoms with Crippen LogP contribution in [-0.4, -0.2) is 36.5 Å². The molecule has 2 aromatic carbocycles. The maximum absolute atomic E-state index is 12.7. The summed E-state index contributed by atoms with van der Waals surface area (Å²) in [4.78, 5) is 25.2. The summed E-state index contributed by atoms with van der Waals surface area (Å²) >= 11 is 0. The van der Waals surface area contributed by atoms with Crippen LogP contribution in [0.3, 0.4) is 0 Å². The number of fused-ring (bicyclic) bond motifs is 2. The largest absolute Gasteiger partial charge is 0.355 e. The lowest BCUT2D eigenvalue weighted by Crippen LogP contribution is -2.38. The lowest BCUT2D eigenvalue weighted by atomic mass is 10.1. The van der Waals surface area contributed by atoms with E-state index in [0.29, 0.717) is 23.9 Å². The van der Waals surface area contributed by atoms with Gasteiger partial charge in [0.1, 0.15) is 13.3 Å². The van der Waals surface area contributed by atoms with Gasteiger partial charge >= 0.3 is 0 Å². The Morgan fingerprint density at radius 3 is 2.35 bits per heavy atom. The van der Waals surface area contributed by atoms with Crippen LogP contribution in [0.15, 0.2) is 53.3 Å². The normalized spacial score (nSPS) is 17.5. The number of carbonyl (C=O) groups excluding carboxylic acids is 1. The molecule has 1 N–H and O–H groups in total. The standard InChI is InChI=1S/C20H20N2O4/c23-19(21-11-14-9-10-25-13-26-14)12-22-17-7-3-1-5-15(17)20(24)16-6-2-4-8-18(16)22/h1-8,14H,9-13H2,(H,21,23)/t14-/m1/s1. The van der Waals surface area contributed by atoms with Crippen LogP contribution < -0.4 is 10.7 Å². The van der Waals surface area contributed by atoms with Gasteiger partial charge in [-0.25, -0.2) is 0 Å². The maximum atomic E-state index is 12.7. The van der Waals surface area contributed by atoms with E-state index in [1.807, 2.05) is 41.0 Å². The first-order chi connectivity index (χ1) is 12.7. The highest BCUT2D eigenvalue weighted by molar-refractivity contribution is 5.94. The molecule has 1 aliphatic heterocycles. The van der Waals surface area contributed by atoms with Crippen molar-refractivity contribution < 1.29 is 14.3 Å². The molecule has 0 saturated carbocycles. The van der Waals surface area contributed by atoms with E-state index in [4.69, 9.17) is 9.47 Å². The van der Waals surface area contributed by atoms with Gasteiger partial charge in [-0.3, -0.25) is 9.59 Å². The third kappa shape index (κ3) is 3.21. The number of hydrogen-bond acceptors (Lipinski definition) is 4. The molecule has 0 spiro atoms. The SMILES string of the molecule is O=C(Cn1c2ccccc2c(=O)c2ccccc21)NC[C@H]1CCOCO1. The molecule has 0 aliphatic carbocycles. The molecule has 6 nitrogen and oxygen atoms in total. The van der Waals surface area contributed by atoms with Crippen LogP contribution >= 0.6 is 0 Å². The van der Waals surface area contributed by atoms with Crippen LogP contribution in [0.1, 0.15) is 6.42 Å². The molecule has 0 radical (unpaired) electrons. The van der Waals surface area contributed by atoms with Gasteiger partial charge in [0.25, 0.3) is 0 Å². The highest BCUT2D eigenvalue weighted by Crippen LogP contribution is 2.19. The topological polar surface area (TPSA) is 69.6 Å². The van der Waals surface area contributed by atoms with Crippen molar-refractivity contribution >= 4 is 27.7 Å². The minimum Gasteiger partial charge on any atom is -0.355 e. The highest BCUT2D eigenvalue weighted by Gasteiger charge is 2.16. The Bertz CT molecular complexity index is 946. The number of aromatic nitrogens is 1. The van der Waals surface area contributed by atoms with Crippen molar-refractivity contribution in [2.75, 3.05) is 19.9 Å². The highest BCUT2D eigenvalue weighted by atomic mass is 16.7. The van der Waals surface area contributed by atoms with Crippen molar-refractivity contribution in [2.24, 2.45) is 0 Å². The summed E-state index contributed by atoms with van der Waals surface area (Å²) in [6.45, 7) is 1.52. The number of nitrogens with one attached hydrogen (secondary N) is 1. The molecule has 1 aliphatic rings. The summed E-state index contributed by atoms with van der Waals surface area (Å²) in [5.41, 5.74) is 1.51. The molecule has 1 amide bonds. The summed E-state index contributed by atoms with van der Waals surface area (Å²) in [6.07, 6.45) is 0.750. The lowest BCUT2D eigenvalue weighted by molar-refractivity contribution is -0.141. The van der Waals surface area contributed by atoms with Gasteiger partial charge < -0.3 is 19.4 Å². The van der Waals surface area contributed by atoms with Gasteiger partial charge in [0, 0.05) is 17.3 Å². The molecule has 2 heterocycles. The van der Waals surface area contributed by atoms with E-state index in [2.05, 4.69) is 5.32 Å². The second kappa shape index (κ2) is 7.27. The molecule has 0 bridgehead atoms. The van der Waals surface area contributed by atoms with E-state index in [-0.39, 0.29) is 30.8 Å². The number of benzene rings is 2. The predicted octanol–water partition coefficient (Wildman–Crippen LogP) is 2.03. The average molecular weight is 352 g/mol. The van der Waals surface area contributed by atoms with Crippen molar-refractivity contribution in [1.29, 1.82) is 0 Å². The van der Waals surface area contributed by atoms with Crippen molar-refractivity contribution in [2.45, 2.75) is 19.1 Å². The minimum absolute atomic E-state index is 0.0107. The first kappa shape index (κ1) is 16.8. The first-order valence-corrected chi connectivity index (χ1v) is 8.70. The Kier molecular flexibility index (Phi) is 4.69. The molecule has 1 fully saturated rings. The fourth-order valence-corrected chi connectivity index (χ4v) is 3.34. The number of para-hydroxylation sites is 2. The summed E-state index contributed by atoms with van der Waals surface area (Å²) < 4.78 is 12.5. The van der Waals surface area contributed by atoms with Crippen LogP contribution in [0.5, 0.6) is 0 Å². The van der Waals surface area contributed by atoms with Gasteiger partial charge in [0.05, 0.1) is 23.7 Å². The first-order valence-electron chi connectivity index (χ1n) is 8.70. The van der Waals surface area contributed by atoms with Crippen LogP contribution in [0.4, 0.5) is 0 Å².